The zero-order valence-electron chi connectivity index (χ0n) is 17.1. The Morgan fingerprint density at radius 2 is 1.52 bits per heavy atom. The lowest BCUT2D eigenvalue weighted by molar-refractivity contribution is 0.101. The highest BCUT2D eigenvalue weighted by atomic mass is 16.1. The van der Waals surface area contributed by atoms with Crippen molar-refractivity contribution in [3.63, 3.8) is 0 Å². The summed E-state index contributed by atoms with van der Waals surface area (Å²) in [5, 5.41) is 3.58. The molecule has 1 N–H and O–H groups in total. The van der Waals surface area contributed by atoms with Crippen molar-refractivity contribution in [2.75, 3.05) is 5.32 Å². The first-order chi connectivity index (χ1) is 13.8. The van der Waals surface area contributed by atoms with Crippen LogP contribution in [0.2, 0.25) is 0 Å². The molecule has 2 heterocycles. The molecule has 5 heteroatoms. The highest BCUT2D eigenvalue weighted by molar-refractivity contribution is 5.94. The van der Waals surface area contributed by atoms with E-state index in [1.807, 2.05) is 34.9 Å². The second kappa shape index (κ2) is 7.17. The Morgan fingerprint density at radius 3 is 2.10 bits per heavy atom. The average molecular weight is 384 g/mol. The van der Waals surface area contributed by atoms with Crippen LogP contribution < -0.4 is 5.32 Å². The number of fused-ring (bicyclic) bond motifs is 1. The minimum atomic E-state index is -0.105. The van der Waals surface area contributed by atoms with Crippen molar-refractivity contribution in [3.05, 3.63) is 72.7 Å². The van der Waals surface area contributed by atoms with Gasteiger partial charge < -0.3 is 5.32 Å². The maximum atomic E-state index is 11.5. The molecule has 0 unspecified atom stereocenters. The molecule has 0 fully saturated rings. The topological polar surface area (TPSA) is 59.3 Å². The third-order valence-electron chi connectivity index (χ3n) is 4.71. The van der Waals surface area contributed by atoms with Crippen LogP contribution >= 0.6 is 0 Å². The molecule has 146 valence electrons. The van der Waals surface area contributed by atoms with Crippen LogP contribution in [0.1, 0.15) is 38.1 Å². The van der Waals surface area contributed by atoms with Gasteiger partial charge in [0.25, 0.3) is 0 Å². The van der Waals surface area contributed by atoms with Gasteiger partial charge in [-0.3, -0.25) is 14.2 Å². The van der Waals surface area contributed by atoms with Crippen molar-refractivity contribution in [1.29, 1.82) is 0 Å². The molecule has 0 aliphatic rings. The summed E-state index contributed by atoms with van der Waals surface area (Å²) in [5.41, 5.74) is 5.52. The van der Waals surface area contributed by atoms with E-state index >= 15 is 0 Å². The fourth-order valence-corrected chi connectivity index (χ4v) is 3.30. The summed E-state index contributed by atoms with van der Waals surface area (Å²) >= 11 is 0. The van der Waals surface area contributed by atoms with Crippen molar-refractivity contribution in [2.24, 2.45) is 0 Å². The summed E-state index contributed by atoms with van der Waals surface area (Å²) in [6.45, 7) is 7.97. The summed E-state index contributed by atoms with van der Waals surface area (Å²) in [4.78, 5) is 20.5. The van der Waals surface area contributed by atoms with Crippen LogP contribution in [0.25, 0.3) is 28.0 Å². The number of benzene rings is 2. The van der Waals surface area contributed by atoms with Crippen molar-refractivity contribution in [1.82, 2.24) is 14.4 Å². The van der Waals surface area contributed by atoms with E-state index in [9.17, 15) is 4.79 Å². The van der Waals surface area contributed by atoms with Crippen molar-refractivity contribution >= 4 is 17.2 Å². The first-order valence-electron chi connectivity index (χ1n) is 9.64. The molecule has 0 saturated heterocycles. The maximum absolute atomic E-state index is 11.5. The number of hydrogen-bond acceptors (Lipinski definition) is 4. The molecule has 0 saturated carbocycles. The highest BCUT2D eigenvalue weighted by Crippen LogP contribution is 2.32. The van der Waals surface area contributed by atoms with Crippen molar-refractivity contribution < 1.29 is 4.79 Å². The van der Waals surface area contributed by atoms with E-state index in [0.717, 1.165) is 39.4 Å². The number of nitrogens with one attached hydrogen (secondary N) is 1. The van der Waals surface area contributed by atoms with E-state index in [2.05, 4.69) is 55.3 Å². The van der Waals surface area contributed by atoms with Gasteiger partial charge in [0, 0.05) is 29.1 Å². The monoisotopic (exact) mass is 384 g/mol. The van der Waals surface area contributed by atoms with Gasteiger partial charge in [0.05, 0.1) is 6.20 Å². The molecule has 0 spiro atoms. The number of imidazole rings is 1. The molecular formula is C24H24N4O. The van der Waals surface area contributed by atoms with E-state index in [-0.39, 0.29) is 11.3 Å². The SMILES string of the molecule is CC(=O)c1ccc(-c2ccc(-c3nc4cnccn4c3NC(C)(C)C)cc2)cc1. The van der Waals surface area contributed by atoms with Crippen LogP contribution in [-0.2, 0) is 0 Å². The Morgan fingerprint density at radius 1 is 0.931 bits per heavy atom. The summed E-state index contributed by atoms with van der Waals surface area (Å²) in [6, 6.07) is 16.0. The molecule has 0 bridgehead atoms. The fraction of sp³-hybridized carbons (Fsp3) is 0.208. The number of aromatic nitrogens is 3. The third-order valence-corrected chi connectivity index (χ3v) is 4.71. The van der Waals surface area contributed by atoms with Gasteiger partial charge in [0.2, 0.25) is 0 Å². The van der Waals surface area contributed by atoms with Crippen molar-refractivity contribution in [2.45, 2.75) is 33.2 Å². The number of carbonyl (C=O) groups excluding carboxylic acids is 1. The lowest BCUT2D eigenvalue weighted by Crippen LogP contribution is -2.27. The fourth-order valence-electron chi connectivity index (χ4n) is 3.30. The summed E-state index contributed by atoms with van der Waals surface area (Å²) in [6.07, 6.45) is 5.45. The molecule has 5 nitrogen and oxygen atoms in total. The van der Waals surface area contributed by atoms with E-state index in [4.69, 9.17) is 4.98 Å². The number of carbonyl (C=O) groups is 1. The molecule has 0 aliphatic heterocycles. The third kappa shape index (κ3) is 3.90. The smallest absolute Gasteiger partial charge is 0.159 e. The number of rotatable bonds is 4. The first-order valence-corrected chi connectivity index (χ1v) is 9.64. The zero-order chi connectivity index (χ0) is 20.6. The van der Waals surface area contributed by atoms with Crippen LogP contribution in [0, 0.1) is 0 Å². The molecule has 0 aliphatic carbocycles. The quantitative estimate of drug-likeness (QED) is 0.474. The lowest BCUT2D eigenvalue weighted by Gasteiger charge is -2.22. The largest absolute Gasteiger partial charge is 0.365 e. The number of hydrogen-bond donors (Lipinski definition) is 1. The molecule has 0 atom stereocenters. The molecule has 0 radical (unpaired) electrons. The molecular weight excluding hydrogens is 360 g/mol. The number of anilines is 1. The molecule has 4 aromatic rings. The second-order valence-corrected chi connectivity index (χ2v) is 8.20. The molecule has 4 rings (SSSR count). The lowest BCUT2D eigenvalue weighted by atomic mass is 10.0. The predicted octanol–water partition coefficient (Wildman–Crippen LogP) is 5.48. The Bertz CT molecular complexity index is 1170. The van der Waals surface area contributed by atoms with E-state index in [1.54, 1.807) is 19.3 Å². The Balaban J connectivity index is 1.73. The predicted molar refractivity (Wildman–Crippen MR) is 117 cm³/mol. The minimum Gasteiger partial charge on any atom is -0.365 e. The van der Waals surface area contributed by atoms with Crippen LogP contribution in [0.5, 0.6) is 0 Å². The van der Waals surface area contributed by atoms with Gasteiger partial charge in [-0.2, -0.15) is 0 Å². The van der Waals surface area contributed by atoms with Gasteiger partial charge in [-0.05, 0) is 38.8 Å². The first kappa shape index (κ1) is 18.9. The normalized spacial score (nSPS) is 11.6. The Labute approximate surface area is 170 Å². The van der Waals surface area contributed by atoms with Crippen LogP contribution in [0.3, 0.4) is 0 Å². The Kier molecular flexibility index (Phi) is 4.66. The van der Waals surface area contributed by atoms with Crippen molar-refractivity contribution in [3.8, 4) is 22.4 Å². The van der Waals surface area contributed by atoms with Gasteiger partial charge in [-0.25, -0.2) is 4.98 Å². The summed E-state index contributed by atoms with van der Waals surface area (Å²) < 4.78 is 2.03. The zero-order valence-corrected chi connectivity index (χ0v) is 17.1. The maximum Gasteiger partial charge on any atom is 0.159 e. The summed E-state index contributed by atoms with van der Waals surface area (Å²) in [5.74, 6) is 1.03. The van der Waals surface area contributed by atoms with Crippen LogP contribution in [-0.4, -0.2) is 25.7 Å². The molecule has 2 aromatic carbocycles. The van der Waals surface area contributed by atoms with Gasteiger partial charge in [-0.1, -0.05) is 48.5 Å². The average Bonchev–Trinajstić information content (AvgIpc) is 3.05. The number of ketones is 1. The number of Topliss-reactive ketones (excluding diaryl/α,β-unsaturated/α-hetero) is 1. The molecule has 0 amide bonds. The van der Waals surface area contributed by atoms with E-state index in [0.29, 0.717) is 0 Å². The molecule has 2 aromatic heterocycles. The molecule has 29 heavy (non-hydrogen) atoms. The number of nitrogens with zero attached hydrogens (tertiary/aromatic N) is 3. The standard InChI is InChI=1S/C24H24N4O/c1-16(29)17-5-7-18(8-6-17)19-9-11-20(12-10-19)22-23(27-24(2,3)4)28-14-13-25-15-21(28)26-22/h5-15,27H,1-4H3. The van der Waals surface area contributed by atoms with Gasteiger partial charge >= 0.3 is 0 Å². The van der Waals surface area contributed by atoms with Crippen LogP contribution in [0.4, 0.5) is 5.82 Å². The highest BCUT2D eigenvalue weighted by Gasteiger charge is 2.19. The van der Waals surface area contributed by atoms with E-state index < -0.39 is 0 Å². The Hall–Kier alpha value is -3.47. The summed E-state index contributed by atoms with van der Waals surface area (Å²) in [7, 11) is 0. The second-order valence-electron chi connectivity index (χ2n) is 8.20. The van der Waals surface area contributed by atoms with Gasteiger partial charge in [0.15, 0.2) is 11.4 Å². The van der Waals surface area contributed by atoms with E-state index in [1.165, 1.54) is 0 Å². The van der Waals surface area contributed by atoms with Gasteiger partial charge in [-0.15, -0.1) is 0 Å². The minimum absolute atomic E-state index is 0.0760. The van der Waals surface area contributed by atoms with Crippen LogP contribution in [0.15, 0.2) is 67.1 Å². The van der Waals surface area contributed by atoms with Gasteiger partial charge in [0.1, 0.15) is 11.5 Å².